The molecule has 1 fully saturated rings. The Balaban J connectivity index is 2.08. The van der Waals surface area contributed by atoms with Crippen LogP contribution in [0.15, 0.2) is 12.3 Å². The van der Waals surface area contributed by atoms with Crippen LogP contribution in [0.5, 0.6) is 0 Å². The van der Waals surface area contributed by atoms with E-state index in [0.717, 1.165) is 0 Å². The highest BCUT2D eigenvalue weighted by Crippen LogP contribution is 2.58. The number of rotatable bonds is 3. The zero-order valence-electron chi connectivity index (χ0n) is 9.85. The molecule has 2 N–H and O–H groups in total. The molecule has 1 aromatic rings. The Morgan fingerprint density at radius 1 is 1.44 bits per heavy atom. The first kappa shape index (κ1) is 12.8. The zero-order valence-corrected chi connectivity index (χ0v) is 10.6. The van der Waals surface area contributed by atoms with Gasteiger partial charge in [-0.15, -0.1) is 0 Å². The summed E-state index contributed by atoms with van der Waals surface area (Å²) in [5.41, 5.74) is -0.535. The Morgan fingerprint density at radius 3 is 2.61 bits per heavy atom. The van der Waals surface area contributed by atoms with Crippen molar-refractivity contribution >= 4 is 29.3 Å². The van der Waals surface area contributed by atoms with Crippen molar-refractivity contribution in [2.75, 3.05) is 5.32 Å². The van der Waals surface area contributed by atoms with Crippen LogP contribution in [0, 0.1) is 17.3 Å². The molecule has 1 heterocycles. The third-order valence-electron chi connectivity index (χ3n) is 3.25. The fourth-order valence-electron chi connectivity index (χ4n) is 2.20. The minimum Gasteiger partial charge on any atom is -0.481 e. The fourth-order valence-corrected chi connectivity index (χ4v) is 2.34. The molecule has 1 aliphatic rings. The molecule has 0 radical (unpaired) electrons. The van der Waals surface area contributed by atoms with Gasteiger partial charge in [-0.2, -0.15) is 0 Å². The van der Waals surface area contributed by atoms with Gasteiger partial charge in [0, 0.05) is 6.20 Å². The molecule has 96 valence electrons. The Bertz CT molecular complexity index is 518. The molecule has 7 heteroatoms. The van der Waals surface area contributed by atoms with Gasteiger partial charge < -0.3 is 10.4 Å². The molecule has 0 spiro atoms. The van der Waals surface area contributed by atoms with Crippen molar-refractivity contribution < 1.29 is 14.7 Å². The van der Waals surface area contributed by atoms with E-state index < -0.39 is 23.2 Å². The Kier molecular flexibility index (Phi) is 2.98. The maximum absolute atomic E-state index is 11.9. The fraction of sp³-hybridized carbons (Fsp3) is 0.455. The number of carboxylic acid groups (broad SMARTS) is 1. The van der Waals surface area contributed by atoms with Crippen LogP contribution in [0.2, 0.25) is 5.28 Å². The average Bonchev–Trinajstić information content (AvgIpc) is 2.81. The Hall–Kier alpha value is -1.69. The van der Waals surface area contributed by atoms with Crippen molar-refractivity contribution in [2.24, 2.45) is 17.3 Å². The lowest BCUT2D eigenvalue weighted by Gasteiger charge is -2.04. The van der Waals surface area contributed by atoms with Crippen LogP contribution in [0.25, 0.3) is 0 Å². The maximum Gasteiger partial charge on any atom is 0.307 e. The molecule has 0 bridgehead atoms. The summed E-state index contributed by atoms with van der Waals surface area (Å²) in [6.45, 7) is 3.51. The molecule has 0 aliphatic heterocycles. The van der Waals surface area contributed by atoms with Crippen LogP contribution in [0.1, 0.15) is 13.8 Å². The lowest BCUT2D eigenvalue weighted by Crippen LogP contribution is -2.18. The van der Waals surface area contributed by atoms with Gasteiger partial charge in [-0.05, 0) is 23.1 Å². The van der Waals surface area contributed by atoms with Crippen LogP contribution in [-0.4, -0.2) is 27.0 Å². The SMILES string of the molecule is CC1(C)[C@H](C(=O)O)[C@@H]1C(=O)Nc1ccnc(Cl)n1. The minimum absolute atomic E-state index is 0.0256. The predicted molar refractivity (Wildman–Crippen MR) is 64.1 cm³/mol. The van der Waals surface area contributed by atoms with Gasteiger partial charge in [-0.3, -0.25) is 9.59 Å². The number of aromatic nitrogens is 2. The molecule has 18 heavy (non-hydrogen) atoms. The summed E-state index contributed by atoms with van der Waals surface area (Å²) in [5.74, 6) is -2.26. The number of halogens is 1. The normalized spacial score (nSPS) is 24.4. The van der Waals surface area contributed by atoms with E-state index in [1.54, 1.807) is 13.8 Å². The smallest absolute Gasteiger partial charge is 0.307 e. The third-order valence-corrected chi connectivity index (χ3v) is 3.44. The van der Waals surface area contributed by atoms with Gasteiger partial charge >= 0.3 is 5.97 Å². The molecule has 6 nitrogen and oxygen atoms in total. The van der Waals surface area contributed by atoms with E-state index in [9.17, 15) is 9.59 Å². The van der Waals surface area contributed by atoms with E-state index >= 15 is 0 Å². The number of carbonyl (C=O) groups excluding carboxylic acids is 1. The minimum atomic E-state index is -0.958. The molecule has 2 rings (SSSR count). The average molecular weight is 270 g/mol. The number of hydrogen-bond acceptors (Lipinski definition) is 4. The number of aliphatic carboxylic acids is 1. The topological polar surface area (TPSA) is 92.2 Å². The first-order chi connectivity index (χ1) is 8.34. The summed E-state index contributed by atoms with van der Waals surface area (Å²) in [6, 6.07) is 1.49. The van der Waals surface area contributed by atoms with E-state index in [1.165, 1.54) is 12.3 Å². The van der Waals surface area contributed by atoms with E-state index in [0.29, 0.717) is 0 Å². The highest BCUT2D eigenvalue weighted by molar-refractivity contribution is 6.28. The van der Waals surface area contributed by atoms with Crippen LogP contribution in [0.4, 0.5) is 5.82 Å². The highest BCUT2D eigenvalue weighted by Gasteiger charge is 2.65. The van der Waals surface area contributed by atoms with Gasteiger partial charge in [0.2, 0.25) is 11.2 Å². The lowest BCUT2D eigenvalue weighted by atomic mass is 10.1. The van der Waals surface area contributed by atoms with E-state index in [4.69, 9.17) is 16.7 Å². The molecule has 0 aromatic carbocycles. The second kappa shape index (κ2) is 4.20. The van der Waals surface area contributed by atoms with Crippen molar-refractivity contribution in [1.82, 2.24) is 9.97 Å². The number of amides is 1. The predicted octanol–water partition coefficient (Wildman–Crippen LogP) is 1.43. The largest absolute Gasteiger partial charge is 0.481 e. The van der Waals surface area contributed by atoms with E-state index in [1.807, 2.05) is 0 Å². The molecule has 1 saturated carbocycles. The number of nitrogens with zero attached hydrogens (tertiary/aromatic N) is 2. The molecule has 1 aromatic heterocycles. The highest BCUT2D eigenvalue weighted by atomic mass is 35.5. The third kappa shape index (κ3) is 2.15. The van der Waals surface area contributed by atoms with E-state index in [-0.39, 0.29) is 17.0 Å². The van der Waals surface area contributed by atoms with Crippen LogP contribution in [-0.2, 0) is 9.59 Å². The molecular formula is C11H12ClN3O3. The van der Waals surface area contributed by atoms with Crippen molar-refractivity contribution in [3.63, 3.8) is 0 Å². The van der Waals surface area contributed by atoms with Crippen LogP contribution >= 0.6 is 11.6 Å². The van der Waals surface area contributed by atoms with Gasteiger partial charge in [0.05, 0.1) is 11.8 Å². The molecule has 2 atom stereocenters. The first-order valence-electron chi connectivity index (χ1n) is 5.36. The summed E-state index contributed by atoms with van der Waals surface area (Å²) in [4.78, 5) is 30.4. The van der Waals surface area contributed by atoms with Crippen molar-refractivity contribution in [2.45, 2.75) is 13.8 Å². The molecule has 1 amide bonds. The van der Waals surface area contributed by atoms with Gasteiger partial charge in [0.1, 0.15) is 5.82 Å². The molecule has 1 aliphatic carbocycles. The number of carbonyl (C=O) groups is 2. The standard InChI is InChI=1S/C11H12ClN3O3/c1-11(2)6(7(11)9(17)18)8(16)14-5-3-4-13-10(12)15-5/h3-4,6-7H,1-2H3,(H,17,18)(H,13,14,15,16)/t6-,7+/m1/s1. The van der Waals surface area contributed by atoms with Crippen molar-refractivity contribution in [1.29, 1.82) is 0 Å². The zero-order chi connectivity index (χ0) is 13.5. The van der Waals surface area contributed by atoms with Crippen LogP contribution < -0.4 is 5.32 Å². The maximum atomic E-state index is 11.9. The second-order valence-corrected chi connectivity index (χ2v) is 5.15. The molecule has 0 saturated heterocycles. The van der Waals surface area contributed by atoms with Crippen molar-refractivity contribution in [3.05, 3.63) is 17.5 Å². The van der Waals surface area contributed by atoms with Gasteiger partial charge in [0.15, 0.2) is 0 Å². The Morgan fingerprint density at radius 2 is 2.11 bits per heavy atom. The number of carboxylic acids is 1. The first-order valence-corrected chi connectivity index (χ1v) is 5.74. The van der Waals surface area contributed by atoms with Crippen LogP contribution in [0.3, 0.4) is 0 Å². The lowest BCUT2D eigenvalue weighted by molar-refractivity contribution is -0.140. The molecule has 0 unspecified atom stereocenters. The summed E-state index contributed by atoms with van der Waals surface area (Å²) >= 11 is 5.59. The summed E-state index contributed by atoms with van der Waals surface area (Å²) < 4.78 is 0. The summed E-state index contributed by atoms with van der Waals surface area (Å²) in [6.07, 6.45) is 1.41. The van der Waals surface area contributed by atoms with Gasteiger partial charge in [-0.1, -0.05) is 13.8 Å². The summed E-state index contributed by atoms with van der Waals surface area (Å²) in [5, 5.41) is 11.6. The molecular weight excluding hydrogens is 258 g/mol. The Labute approximate surface area is 108 Å². The van der Waals surface area contributed by atoms with E-state index in [2.05, 4.69) is 15.3 Å². The van der Waals surface area contributed by atoms with Gasteiger partial charge in [0.25, 0.3) is 0 Å². The number of hydrogen-bond donors (Lipinski definition) is 2. The van der Waals surface area contributed by atoms with Gasteiger partial charge in [-0.25, -0.2) is 9.97 Å². The number of nitrogens with one attached hydrogen (secondary N) is 1. The summed E-state index contributed by atoms with van der Waals surface area (Å²) in [7, 11) is 0. The van der Waals surface area contributed by atoms with Crippen molar-refractivity contribution in [3.8, 4) is 0 Å². The quantitative estimate of drug-likeness (QED) is 0.810. The number of anilines is 1. The second-order valence-electron chi connectivity index (χ2n) is 4.82. The monoisotopic (exact) mass is 269 g/mol.